The fourth-order valence-corrected chi connectivity index (χ4v) is 2.02. The van der Waals surface area contributed by atoms with Crippen molar-refractivity contribution in [2.75, 3.05) is 11.5 Å². The molecule has 0 aliphatic rings. The molecule has 0 spiro atoms. The van der Waals surface area contributed by atoms with Crippen molar-refractivity contribution < 1.29 is 0 Å². The number of hydrogen-bond acceptors (Lipinski definition) is 6. The van der Waals surface area contributed by atoms with Gasteiger partial charge in [0.25, 0.3) is 0 Å². The molecule has 0 bridgehead atoms. The van der Waals surface area contributed by atoms with Crippen LogP contribution in [0.5, 0.6) is 0 Å². The first kappa shape index (κ1) is 13.3. The number of imidazole rings is 1. The molecule has 7 nitrogen and oxygen atoms in total. The van der Waals surface area contributed by atoms with E-state index in [0.717, 1.165) is 30.8 Å². The standard InChI is InChI=1S/C12H19N7/c1-3-4-5-8(9-6-15-7(2)16-9)10-17-11(13)19-12(14)18-10/h6,8H,3-5H2,1-2H3,(H,15,16)(H4,13,14,17,18,19). The molecule has 5 N–H and O–H groups in total. The Morgan fingerprint density at radius 1 is 1.16 bits per heavy atom. The van der Waals surface area contributed by atoms with Crippen molar-refractivity contribution in [3.63, 3.8) is 0 Å². The molecule has 7 heteroatoms. The zero-order valence-electron chi connectivity index (χ0n) is 11.2. The van der Waals surface area contributed by atoms with Crippen LogP contribution >= 0.6 is 0 Å². The molecular weight excluding hydrogens is 242 g/mol. The summed E-state index contributed by atoms with van der Waals surface area (Å²) in [5.41, 5.74) is 12.2. The Labute approximate surface area is 111 Å². The summed E-state index contributed by atoms with van der Waals surface area (Å²) in [6.45, 7) is 4.06. The number of anilines is 2. The second-order valence-electron chi connectivity index (χ2n) is 4.52. The van der Waals surface area contributed by atoms with Gasteiger partial charge in [0.05, 0.1) is 11.6 Å². The fourth-order valence-electron chi connectivity index (χ4n) is 2.02. The average Bonchev–Trinajstić information content (AvgIpc) is 2.75. The molecule has 0 amide bonds. The highest BCUT2D eigenvalue weighted by Crippen LogP contribution is 2.26. The van der Waals surface area contributed by atoms with Crippen LogP contribution in [0.15, 0.2) is 6.20 Å². The summed E-state index contributed by atoms with van der Waals surface area (Å²) < 4.78 is 0. The van der Waals surface area contributed by atoms with Crippen LogP contribution in [-0.2, 0) is 0 Å². The van der Waals surface area contributed by atoms with E-state index in [-0.39, 0.29) is 17.8 Å². The first-order chi connectivity index (χ1) is 9.10. The van der Waals surface area contributed by atoms with Crippen molar-refractivity contribution >= 4 is 11.9 Å². The number of nitrogens with zero attached hydrogens (tertiary/aromatic N) is 4. The van der Waals surface area contributed by atoms with Gasteiger partial charge in [-0.2, -0.15) is 15.0 Å². The SMILES string of the molecule is CCCCC(c1c[nH]c(C)n1)c1nc(N)nc(N)n1. The Balaban J connectivity index is 2.36. The second-order valence-corrected chi connectivity index (χ2v) is 4.52. The number of nitrogens with one attached hydrogen (secondary N) is 1. The van der Waals surface area contributed by atoms with Crippen LogP contribution in [0.1, 0.15) is 49.4 Å². The molecule has 2 aromatic heterocycles. The molecular formula is C12H19N7. The van der Waals surface area contributed by atoms with Gasteiger partial charge in [0.15, 0.2) is 0 Å². The molecule has 0 fully saturated rings. The number of rotatable bonds is 5. The van der Waals surface area contributed by atoms with E-state index in [4.69, 9.17) is 11.5 Å². The van der Waals surface area contributed by atoms with Gasteiger partial charge >= 0.3 is 0 Å². The van der Waals surface area contributed by atoms with E-state index in [2.05, 4.69) is 31.8 Å². The smallest absolute Gasteiger partial charge is 0.225 e. The molecule has 2 rings (SSSR count). The van der Waals surface area contributed by atoms with E-state index in [1.165, 1.54) is 0 Å². The summed E-state index contributed by atoms with van der Waals surface area (Å²) in [4.78, 5) is 19.7. The zero-order valence-corrected chi connectivity index (χ0v) is 11.2. The Kier molecular flexibility index (Phi) is 3.94. The molecule has 1 unspecified atom stereocenters. The molecule has 2 aromatic rings. The summed E-state index contributed by atoms with van der Waals surface area (Å²) in [5.74, 6) is 1.75. The third-order valence-electron chi connectivity index (χ3n) is 2.93. The number of H-pyrrole nitrogens is 1. The highest BCUT2D eigenvalue weighted by Gasteiger charge is 2.20. The van der Waals surface area contributed by atoms with E-state index in [1.807, 2.05) is 13.1 Å². The van der Waals surface area contributed by atoms with Crippen LogP contribution in [0.4, 0.5) is 11.9 Å². The average molecular weight is 261 g/mol. The van der Waals surface area contributed by atoms with Gasteiger partial charge in [0, 0.05) is 6.20 Å². The zero-order chi connectivity index (χ0) is 13.8. The minimum absolute atomic E-state index is 0.00231. The Bertz CT molecular complexity index is 529. The lowest BCUT2D eigenvalue weighted by Gasteiger charge is -2.13. The van der Waals surface area contributed by atoms with Gasteiger partial charge < -0.3 is 16.5 Å². The first-order valence-electron chi connectivity index (χ1n) is 6.39. The van der Waals surface area contributed by atoms with E-state index in [9.17, 15) is 0 Å². The van der Waals surface area contributed by atoms with Crippen LogP contribution < -0.4 is 11.5 Å². The molecule has 0 aliphatic heterocycles. The first-order valence-corrected chi connectivity index (χ1v) is 6.39. The second kappa shape index (κ2) is 5.64. The molecule has 102 valence electrons. The molecule has 2 heterocycles. The Morgan fingerprint density at radius 2 is 1.84 bits per heavy atom. The van der Waals surface area contributed by atoms with Crippen molar-refractivity contribution in [3.05, 3.63) is 23.5 Å². The lowest BCUT2D eigenvalue weighted by Crippen LogP contribution is -2.12. The molecule has 0 saturated carbocycles. The van der Waals surface area contributed by atoms with E-state index in [0.29, 0.717) is 5.82 Å². The third-order valence-corrected chi connectivity index (χ3v) is 2.93. The number of aromatic amines is 1. The van der Waals surface area contributed by atoms with Crippen molar-refractivity contribution in [2.24, 2.45) is 0 Å². The maximum atomic E-state index is 5.64. The van der Waals surface area contributed by atoms with Gasteiger partial charge in [-0.25, -0.2) is 4.98 Å². The largest absolute Gasteiger partial charge is 0.368 e. The van der Waals surface area contributed by atoms with Gasteiger partial charge in [-0.15, -0.1) is 0 Å². The molecule has 1 atom stereocenters. The topological polar surface area (TPSA) is 119 Å². The lowest BCUT2D eigenvalue weighted by molar-refractivity contribution is 0.611. The van der Waals surface area contributed by atoms with E-state index < -0.39 is 0 Å². The third kappa shape index (κ3) is 3.18. The molecule has 0 radical (unpaired) electrons. The molecule has 19 heavy (non-hydrogen) atoms. The molecule has 0 saturated heterocycles. The van der Waals surface area contributed by atoms with Gasteiger partial charge in [0.1, 0.15) is 11.6 Å². The maximum Gasteiger partial charge on any atom is 0.225 e. The number of unbranched alkanes of at least 4 members (excludes halogenated alkanes) is 1. The van der Waals surface area contributed by atoms with Crippen LogP contribution in [0.25, 0.3) is 0 Å². The number of nitrogens with two attached hydrogens (primary N) is 2. The normalized spacial score (nSPS) is 12.5. The number of aryl methyl sites for hydroxylation is 1. The Hall–Kier alpha value is -2.18. The summed E-state index contributed by atoms with van der Waals surface area (Å²) in [7, 11) is 0. The van der Waals surface area contributed by atoms with Crippen molar-refractivity contribution in [1.82, 2.24) is 24.9 Å². The Morgan fingerprint density at radius 3 is 2.37 bits per heavy atom. The monoisotopic (exact) mass is 261 g/mol. The van der Waals surface area contributed by atoms with E-state index in [1.54, 1.807) is 0 Å². The van der Waals surface area contributed by atoms with Crippen LogP contribution in [-0.4, -0.2) is 24.9 Å². The summed E-state index contributed by atoms with van der Waals surface area (Å²) in [5, 5.41) is 0. The lowest BCUT2D eigenvalue weighted by atomic mass is 9.98. The number of hydrogen-bond donors (Lipinski definition) is 3. The minimum atomic E-state index is -0.00231. The van der Waals surface area contributed by atoms with Crippen LogP contribution in [0.3, 0.4) is 0 Å². The quantitative estimate of drug-likeness (QED) is 0.748. The maximum absolute atomic E-state index is 5.64. The van der Waals surface area contributed by atoms with Crippen molar-refractivity contribution in [3.8, 4) is 0 Å². The van der Waals surface area contributed by atoms with Crippen molar-refractivity contribution in [2.45, 2.75) is 39.0 Å². The van der Waals surface area contributed by atoms with Gasteiger partial charge in [-0.3, -0.25) is 0 Å². The summed E-state index contributed by atoms with van der Waals surface area (Å²) >= 11 is 0. The van der Waals surface area contributed by atoms with Crippen LogP contribution in [0.2, 0.25) is 0 Å². The summed E-state index contributed by atoms with van der Waals surface area (Å²) in [6.07, 6.45) is 4.94. The van der Waals surface area contributed by atoms with E-state index >= 15 is 0 Å². The molecule has 0 aliphatic carbocycles. The fraction of sp³-hybridized carbons (Fsp3) is 0.500. The van der Waals surface area contributed by atoms with Crippen LogP contribution in [0, 0.1) is 6.92 Å². The summed E-state index contributed by atoms with van der Waals surface area (Å²) in [6, 6.07) is 0. The number of aromatic nitrogens is 5. The van der Waals surface area contributed by atoms with Crippen molar-refractivity contribution in [1.29, 1.82) is 0 Å². The van der Waals surface area contributed by atoms with Gasteiger partial charge in [-0.1, -0.05) is 19.8 Å². The minimum Gasteiger partial charge on any atom is -0.368 e. The highest BCUT2D eigenvalue weighted by molar-refractivity contribution is 5.29. The predicted octanol–water partition coefficient (Wildman–Crippen LogP) is 1.39. The highest BCUT2D eigenvalue weighted by atomic mass is 15.1. The predicted molar refractivity (Wildman–Crippen MR) is 73.3 cm³/mol. The molecule has 0 aromatic carbocycles. The van der Waals surface area contributed by atoms with Gasteiger partial charge in [0.2, 0.25) is 11.9 Å². The number of nitrogen functional groups attached to an aromatic ring is 2. The van der Waals surface area contributed by atoms with Gasteiger partial charge in [-0.05, 0) is 13.3 Å².